The zero-order valence-corrected chi connectivity index (χ0v) is 14.0. The van der Waals surface area contributed by atoms with Crippen molar-refractivity contribution in [1.29, 1.82) is 0 Å². The van der Waals surface area contributed by atoms with E-state index in [1.165, 1.54) is 10.4 Å². The molecule has 0 saturated heterocycles. The number of carboxylic acid groups (broad SMARTS) is 1. The molecule has 0 amide bonds. The molecular formula is C17H14N4O2S. The van der Waals surface area contributed by atoms with E-state index >= 15 is 0 Å². The number of nitrogens with zero attached hydrogens (tertiary/aromatic N) is 4. The largest absolute Gasteiger partial charge is 0.478 e. The number of carboxylic acids is 1. The predicted molar refractivity (Wildman–Crippen MR) is 91.5 cm³/mol. The van der Waals surface area contributed by atoms with Gasteiger partial charge in [0.15, 0.2) is 5.82 Å². The van der Waals surface area contributed by atoms with E-state index in [1.54, 1.807) is 29.8 Å². The molecule has 7 heteroatoms. The molecule has 0 unspecified atom stereocenters. The van der Waals surface area contributed by atoms with Gasteiger partial charge >= 0.3 is 5.97 Å². The first kappa shape index (κ1) is 14.8. The third-order valence-electron chi connectivity index (χ3n) is 4.22. The Morgan fingerprint density at radius 1 is 1.25 bits per heavy atom. The van der Waals surface area contributed by atoms with Crippen molar-refractivity contribution in [2.75, 3.05) is 0 Å². The Morgan fingerprint density at radius 2 is 2.00 bits per heavy atom. The van der Waals surface area contributed by atoms with E-state index in [9.17, 15) is 4.79 Å². The lowest BCUT2D eigenvalue weighted by molar-refractivity contribution is 0.0697. The molecule has 0 aliphatic carbocycles. The summed E-state index contributed by atoms with van der Waals surface area (Å²) in [4.78, 5) is 17.0. The van der Waals surface area contributed by atoms with E-state index in [4.69, 9.17) is 10.1 Å². The second kappa shape index (κ2) is 5.38. The van der Waals surface area contributed by atoms with Crippen molar-refractivity contribution in [2.24, 2.45) is 4.99 Å². The molecule has 0 spiro atoms. The van der Waals surface area contributed by atoms with Crippen molar-refractivity contribution < 1.29 is 9.90 Å². The topological polar surface area (TPSA) is 80.4 Å². The number of rotatable bonds is 2. The molecule has 24 heavy (non-hydrogen) atoms. The molecule has 3 aromatic rings. The molecular weight excluding hydrogens is 324 g/mol. The van der Waals surface area contributed by atoms with Crippen LogP contribution in [0.15, 0.2) is 35.6 Å². The molecule has 1 aliphatic rings. The Kier molecular flexibility index (Phi) is 3.31. The SMILES string of the molecule is Cc1sc2c(c1C)C(c1ccc(C(=O)O)cc1)=NCc1nncn1-2. The van der Waals surface area contributed by atoms with E-state index in [0.717, 1.165) is 27.7 Å². The van der Waals surface area contributed by atoms with Gasteiger partial charge in [-0.05, 0) is 31.5 Å². The van der Waals surface area contributed by atoms with Crippen molar-refractivity contribution in [3.8, 4) is 5.00 Å². The van der Waals surface area contributed by atoms with Gasteiger partial charge in [0.25, 0.3) is 0 Å². The maximum Gasteiger partial charge on any atom is 0.335 e. The summed E-state index contributed by atoms with van der Waals surface area (Å²) in [6.07, 6.45) is 1.72. The highest BCUT2D eigenvalue weighted by atomic mass is 32.1. The van der Waals surface area contributed by atoms with Crippen LogP contribution in [0.4, 0.5) is 0 Å². The molecule has 4 rings (SSSR count). The molecule has 3 heterocycles. The summed E-state index contributed by atoms with van der Waals surface area (Å²) in [5, 5.41) is 18.3. The van der Waals surface area contributed by atoms with Crippen molar-refractivity contribution in [2.45, 2.75) is 20.4 Å². The molecule has 2 aromatic heterocycles. The van der Waals surface area contributed by atoms with Crippen LogP contribution in [-0.2, 0) is 6.54 Å². The Bertz CT molecular complexity index is 983. The molecule has 0 fully saturated rings. The van der Waals surface area contributed by atoms with Crippen LogP contribution in [-0.4, -0.2) is 31.6 Å². The Morgan fingerprint density at radius 3 is 2.71 bits per heavy atom. The highest BCUT2D eigenvalue weighted by molar-refractivity contribution is 7.15. The van der Waals surface area contributed by atoms with Gasteiger partial charge in [0.1, 0.15) is 17.9 Å². The van der Waals surface area contributed by atoms with Crippen molar-refractivity contribution in [1.82, 2.24) is 14.8 Å². The van der Waals surface area contributed by atoms with E-state index in [0.29, 0.717) is 6.54 Å². The van der Waals surface area contributed by atoms with Gasteiger partial charge in [-0.25, -0.2) is 4.79 Å². The van der Waals surface area contributed by atoms with Crippen molar-refractivity contribution in [3.63, 3.8) is 0 Å². The van der Waals surface area contributed by atoms with Gasteiger partial charge in [0.05, 0.1) is 11.3 Å². The van der Waals surface area contributed by atoms with E-state index in [2.05, 4.69) is 24.0 Å². The summed E-state index contributed by atoms with van der Waals surface area (Å²) < 4.78 is 1.99. The Labute approximate surface area is 142 Å². The molecule has 1 aromatic carbocycles. The minimum Gasteiger partial charge on any atom is -0.478 e. The lowest BCUT2D eigenvalue weighted by Gasteiger charge is -2.08. The lowest BCUT2D eigenvalue weighted by Crippen LogP contribution is -2.07. The predicted octanol–water partition coefficient (Wildman–Crippen LogP) is 2.99. The van der Waals surface area contributed by atoms with E-state index < -0.39 is 5.97 Å². The number of benzene rings is 1. The summed E-state index contributed by atoms with van der Waals surface area (Å²) >= 11 is 1.69. The number of aromatic nitrogens is 3. The normalized spacial score (nSPS) is 13.0. The third kappa shape index (κ3) is 2.16. The van der Waals surface area contributed by atoms with Crippen LogP contribution >= 0.6 is 11.3 Å². The van der Waals surface area contributed by atoms with Crippen LogP contribution in [0, 0.1) is 13.8 Å². The number of hydrogen-bond acceptors (Lipinski definition) is 5. The standard InChI is InChI=1S/C17H14N4O2S/c1-9-10(2)24-16-14(9)15(18-7-13-20-19-8-21(13)16)11-3-5-12(6-4-11)17(22)23/h3-6,8H,7H2,1-2H3,(H,22,23). The number of thiophene rings is 1. The van der Waals surface area contributed by atoms with Gasteiger partial charge in [0, 0.05) is 16.0 Å². The first-order chi connectivity index (χ1) is 11.6. The van der Waals surface area contributed by atoms with Crippen LogP contribution in [0.1, 0.15) is 37.7 Å². The van der Waals surface area contributed by atoms with Crippen LogP contribution < -0.4 is 0 Å². The number of hydrogen-bond donors (Lipinski definition) is 1. The first-order valence-corrected chi connectivity index (χ1v) is 8.25. The van der Waals surface area contributed by atoms with Gasteiger partial charge in [-0.1, -0.05) is 12.1 Å². The fraction of sp³-hybridized carbons (Fsp3) is 0.176. The Balaban J connectivity index is 1.91. The fourth-order valence-corrected chi connectivity index (χ4v) is 3.98. The summed E-state index contributed by atoms with van der Waals surface area (Å²) in [6.45, 7) is 4.61. The molecule has 1 aliphatic heterocycles. The molecule has 0 radical (unpaired) electrons. The smallest absolute Gasteiger partial charge is 0.335 e. The van der Waals surface area contributed by atoms with Gasteiger partial charge in [0.2, 0.25) is 0 Å². The summed E-state index contributed by atoms with van der Waals surface area (Å²) in [7, 11) is 0. The number of aromatic carboxylic acids is 1. The number of fused-ring (bicyclic) bond motifs is 3. The Hall–Kier alpha value is -2.80. The summed E-state index contributed by atoms with van der Waals surface area (Å²) in [5.41, 5.74) is 4.29. The van der Waals surface area contributed by atoms with E-state index in [-0.39, 0.29) is 5.56 Å². The number of aliphatic imine (C=N–C) groups is 1. The minimum absolute atomic E-state index is 0.267. The van der Waals surface area contributed by atoms with Crippen molar-refractivity contribution in [3.05, 3.63) is 63.5 Å². The van der Waals surface area contributed by atoms with Gasteiger partial charge in [-0.3, -0.25) is 9.56 Å². The number of aryl methyl sites for hydroxylation is 1. The molecule has 120 valence electrons. The fourth-order valence-electron chi connectivity index (χ4n) is 2.83. The van der Waals surface area contributed by atoms with Crippen LogP contribution in [0.3, 0.4) is 0 Å². The van der Waals surface area contributed by atoms with Gasteiger partial charge < -0.3 is 5.11 Å². The van der Waals surface area contributed by atoms with Crippen LogP contribution in [0.5, 0.6) is 0 Å². The lowest BCUT2D eigenvalue weighted by atomic mass is 9.99. The highest BCUT2D eigenvalue weighted by Gasteiger charge is 2.25. The average Bonchev–Trinajstić information content (AvgIpc) is 3.11. The maximum atomic E-state index is 11.1. The monoisotopic (exact) mass is 338 g/mol. The maximum absolute atomic E-state index is 11.1. The molecule has 0 saturated carbocycles. The minimum atomic E-state index is -0.932. The summed E-state index contributed by atoms with van der Waals surface area (Å²) in [6, 6.07) is 6.84. The first-order valence-electron chi connectivity index (χ1n) is 7.44. The van der Waals surface area contributed by atoms with Gasteiger partial charge in [-0.15, -0.1) is 21.5 Å². The van der Waals surface area contributed by atoms with Crippen molar-refractivity contribution >= 4 is 23.0 Å². The molecule has 1 N–H and O–H groups in total. The molecule has 0 atom stereocenters. The second-order valence-corrected chi connectivity index (χ2v) is 6.83. The molecule has 0 bridgehead atoms. The van der Waals surface area contributed by atoms with E-state index in [1.807, 2.05) is 16.7 Å². The molecule has 6 nitrogen and oxygen atoms in total. The third-order valence-corrected chi connectivity index (χ3v) is 5.43. The van der Waals surface area contributed by atoms with Crippen LogP contribution in [0.25, 0.3) is 5.00 Å². The second-order valence-electron chi connectivity index (χ2n) is 5.63. The van der Waals surface area contributed by atoms with Crippen LogP contribution in [0.2, 0.25) is 0 Å². The average molecular weight is 338 g/mol. The highest BCUT2D eigenvalue weighted by Crippen LogP contribution is 2.35. The zero-order valence-electron chi connectivity index (χ0n) is 13.1. The van der Waals surface area contributed by atoms with Gasteiger partial charge in [-0.2, -0.15) is 0 Å². The summed E-state index contributed by atoms with van der Waals surface area (Å²) in [5.74, 6) is -0.131. The quantitative estimate of drug-likeness (QED) is 0.779. The zero-order chi connectivity index (χ0) is 16.8. The number of carbonyl (C=O) groups is 1.